The van der Waals surface area contributed by atoms with Gasteiger partial charge >= 0.3 is 0 Å². The van der Waals surface area contributed by atoms with Crippen LogP contribution in [0.5, 0.6) is 0 Å². The molecule has 0 bridgehead atoms. The molecular weight excluding hydrogens is 308 g/mol. The number of anilines is 1. The van der Waals surface area contributed by atoms with Gasteiger partial charge in [-0.3, -0.25) is 0 Å². The Balaban J connectivity index is 1.86. The van der Waals surface area contributed by atoms with E-state index in [1.807, 2.05) is 0 Å². The summed E-state index contributed by atoms with van der Waals surface area (Å²) in [6.07, 6.45) is 9.70. The smallest absolute Gasteiger partial charge is 0.0841 e. The molecule has 1 aromatic carbocycles. The number of fused-ring (bicyclic) bond motifs is 1. The summed E-state index contributed by atoms with van der Waals surface area (Å²) in [6, 6.07) is 8.68. The third kappa shape index (κ3) is 6.99. The fourth-order valence-electron chi connectivity index (χ4n) is 3.88. The van der Waals surface area contributed by atoms with Crippen molar-refractivity contribution in [3.63, 3.8) is 0 Å². The summed E-state index contributed by atoms with van der Waals surface area (Å²) < 4.78 is 0. The number of aliphatic hydroxyl groups is 1. The van der Waals surface area contributed by atoms with Gasteiger partial charge in [-0.15, -0.1) is 0 Å². The van der Waals surface area contributed by atoms with Gasteiger partial charge in [0.05, 0.1) is 6.10 Å². The van der Waals surface area contributed by atoms with Crippen LogP contribution in [0.3, 0.4) is 0 Å². The number of para-hydroxylation sites is 1. The van der Waals surface area contributed by atoms with Crippen molar-refractivity contribution < 1.29 is 5.11 Å². The van der Waals surface area contributed by atoms with E-state index < -0.39 is 0 Å². The molecule has 1 aromatic rings. The molecule has 0 fully saturated rings. The highest BCUT2D eigenvalue weighted by molar-refractivity contribution is 5.55. The molecule has 0 saturated carbocycles. The topological polar surface area (TPSA) is 26.7 Å². The van der Waals surface area contributed by atoms with Crippen LogP contribution in [0.2, 0.25) is 0 Å². The number of rotatable bonds is 12. The summed E-state index contributed by atoms with van der Waals surface area (Å²) >= 11 is 0. The van der Waals surface area contributed by atoms with Crippen LogP contribution in [0.1, 0.15) is 64.4 Å². The minimum Gasteiger partial charge on any atom is -0.390 e. The maximum Gasteiger partial charge on any atom is 0.0841 e. The molecule has 0 spiro atoms. The average Bonchev–Trinajstić information content (AvgIpc) is 2.62. The summed E-state index contributed by atoms with van der Waals surface area (Å²) in [7, 11) is 0. The number of β-amino-alcohol motifs (C(OH)–C–C–N with tert-alkyl or cyclic N) is 1. The summed E-state index contributed by atoms with van der Waals surface area (Å²) in [5.41, 5.74) is 2.76. The quantitative estimate of drug-likeness (QED) is 0.565. The Hall–Kier alpha value is -1.06. The highest BCUT2D eigenvalue weighted by Crippen LogP contribution is 2.26. The average molecular weight is 347 g/mol. The molecule has 0 radical (unpaired) electrons. The van der Waals surface area contributed by atoms with Crippen molar-refractivity contribution >= 4 is 5.69 Å². The van der Waals surface area contributed by atoms with E-state index in [4.69, 9.17) is 0 Å². The van der Waals surface area contributed by atoms with Gasteiger partial charge in [0.1, 0.15) is 0 Å². The Morgan fingerprint density at radius 2 is 1.72 bits per heavy atom. The van der Waals surface area contributed by atoms with E-state index in [2.05, 4.69) is 47.9 Å². The number of hydrogen-bond donors (Lipinski definition) is 1. The van der Waals surface area contributed by atoms with Crippen LogP contribution >= 0.6 is 0 Å². The van der Waals surface area contributed by atoms with Crippen LogP contribution in [0.25, 0.3) is 0 Å². The SMILES string of the molecule is CCCCCN(CCCCC)C[C@@H](O)CN1CCCc2ccccc21. The zero-order valence-corrected chi connectivity index (χ0v) is 16.4. The van der Waals surface area contributed by atoms with Gasteiger partial charge in [0.25, 0.3) is 0 Å². The fourth-order valence-corrected chi connectivity index (χ4v) is 3.88. The third-order valence-electron chi connectivity index (χ3n) is 5.26. The fraction of sp³-hybridized carbons (Fsp3) is 0.727. The molecule has 142 valence electrons. The molecule has 25 heavy (non-hydrogen) atoms. The van der Waals surface area contributed by atoms with Crippen LogP contribution in [-0.4, -0.2) is 48.8 Å². The van der Waals surface area contributed by atoms with E-state index in [-0.39, 0.29) is 6.10 Å². The predicted molar refractivity (Wildman–Crippen MR) is 108 cm³/mol. The summed E-state index contributed by atoms with van der Waals surface area (Å²) in [5.74, 6) is 0. The molecule has 0 unspecified atom stereocenters. The molecule has 3 heteroatoms. The predicted octanol–water partition coefficient (Wildman–Crippen LogP) is 4.48. The highest BCUT2D eigenvalue weighted by atomic mass is 16.3. The monoisotopic (exact) mass is 346 g/mol. The molecule has 1 aliphatic heterocycles. The number of benzene rings is 1. The van der Waals surface area contributed by atoms with Gasteiger partial charge in [0.15, 0.2) is 0 Å². The highest BCUT2D eigenvalue weighted by Gasteiger charge is 2.20. The van der Waals surface area contributed by atoms with Gasteiger partial charge in [-0.05, 0) is 50.4 Å². The van der Waals surface area contributed by atoms with Crippen LogP contribution in [-0.2, 0) is 6.42 Å². The zero-order chi connectivity index (χ0) is 17.9. The molecule has 1 N–H and O–H groups in total. The minimum atomic E-state index is -0.269. The van der Waals surface area contributed by atoms with E-state index in [0.717, 1.165) is 32.7 Å². The van der Waals surface area contributed by atoms with Gasteiger partial charge < -0.3 is 14.9 Å². The molecule has 1 atom stereocenters. The van der Waals surface area contributed by atoms with Crippen molar-refractivity contribution in [3.05, 3.63) is 29.8 Å². The minimum absolute atomic E-state index is 0.269. The lowest BCUT2D eigenvalue weighted by molar-refractivity contribution is 0.114. The van der Waals surface area contributed by atoms with Crippen molar-refractivity contribution in [2.45, 2.75) is 71.3 Å². The summed E-state index contributed by atoms with van der Waals surface area (Å²) in [4.78, 5) is 4.88. The lowest BCUT2D eigenvalue weighted by atomic mass is 10.0. The molecule has 0 saturated heterocycles. The van der Waals surface area contributed by atoms with E-state index >= 15 is 0 Å². The molecular formula is C22H38N2O. The van der Waals surface area contributed by atoms with Crippen LogP contribution in [0, 0.1) is 0 Å². The first-order valence-electron chi connectivity index (χ1n) is 10.5. The standard InChI is InChI=1S/C22H38N2O/c1-3-5-9-15-23(16-10-6-4-2)18-21(25)19-24-17-11-13-20-12-7-8-14-22(20)24/h7-8,12,14,21,25H,3-6,9-11,13,15-19H2,1-2H3/t21-/m1/s1. The van der Waals surface area contributed by atoms with Crippen molar-refractivity contribution in [1.82, 2.24) is 4.90 Å². The Morgan fingerprint density at radius 1 is 1.04 bits per heavy atom. The molecule has 0 aromatic heterocycles. The largest absolute Gasteiger partial charge is 0.390 e. The van der Waals surface area contributed by atoms with Crippen molar-refractivity contribution in [1.29, 1.82) is 0 Å². The molecule has 2 rings (SSSR count). The van der Waals surface area contributed by atoms with E-state index in [1.54, 1.807) is 0 Å². The molecule has 1 heterocycles. The Morgan fingerprint density at radius 3 is 2.40 bits per heavy atom. The van der Waals surface area contributed by atoms with Gasteiger partial charge in [-0.25, -0.2) is 0 Å². The first kappa shape index (κ1) is 20.3. The normalized spacial score (nSPS) is 15.4. The second-order valence-corrected chi connectivity index (χ2v) is 7.55. The second-order valence-electron chi connectivity index (χ2n) is 7.55. The van der Waals surface area contributed by atoms with Crippen LogP contribution < -0.4 is 4.90 Å². The first-order chi connectivity index (χ1) is 12.2. The van der Waals surface area contributed by atoms with Gasteiger partial charge in [0, 0.05) is 25.3 Å². The van der Waals surface area contributed by atoms with E-state index in [0.29, 0.717) is 0 Å². The van der Waals surface area contributed by atoms with Gasteiger partial charge in [-0.1, -0.05) is 57.7 Å². The lowest BCUT2D eigenvalue weighted by Crippen LogP contribution is -2.42. The lowest BCUT2D eigenvalue weighted by Gasteiger charge is -2.34. The molecule has 0 aliphatic carbocycles. The summed E-state index contributed by atoms with van der Waals surface area (Å²) in [6.45, 7) is 9.41. The molecule has 3 nitrogen and oxygen atoms in total. The van der Waals surface area contributed by atoms with Crippen LogP contribution in [0.4, 0.5) is 5.69 Å². The first-order valence-corrected chi connectivity index (χ1v) is 10.5. The molecule has 1 aliphatic rings. The summed E-state index contributed by atoms with van der Waals surface area (Å²) in [5, 5.41) is 10.7. The van der Waals surface area contributed by atoms with Crippen molar-refractivity contribution in [2.24, 2.45) is 0 Å². The number of aliphatic hydroxyl groups excluding tert-OH is 1. The number of hydrogen-bond acceptors (Lipinski definition) is 3. The maximum absolute atomic E-state index is 10.7. The van der Waals surface area contributed by atoms with Crippen molar-refractivity contribution in [3.8, 4) is 0 Å². The van der Waals surface area contributed by atoms with Gasteiger partial charge in [0.2, 0.25) is 0 Å². The zero-order valence-electron chi connectivity index (χ0n) is 16.4. The van der Waals surface area contributed by atoms with E-state index in [9.17, 15) is 5.11 Å². The number of aryl methyl sites for hydroxylation is 1. The Bertz CT molecular complexity index is 467. The number of nitrogens with zero attached hydrogens (tertiary/aromatic N) is 2. The van der Waals surface area contributed by atoms with Crippen molar-refractivity contribution in [2.75, 3.05) is 37.6 Å². The van der Waals surface area contributed by atoms with E-state index in [1.165, 1.54) is 62.6 Å². The third-order valence-corrected chi connectivity index (χ3v) is 5.26. The van der Waals surface area contributed by atoms with Crippen LogP contribution in [0.15, 0.2) is 24.3 Å². The maximum atomic E-state index is 10.7. The second kappa shape index (κ2) is 11.5. The van der Waals surface area contributed by atoms with Gasteiger partial charge in [-0.2, -0.15) is 0 Å². The Labute approximate surface area is 155 Å². The Kier molecular flexibility index (Phi) is 9.35. The number of unbranched alkanes of at least 4 members (excludes halogenated alkanes) is 4. The molecule has 0 amide bonds.